The molecule has 0 aliphatic carbocycles. The van der Waals surface area contributed by atoms with Gasteiger partial charge in [0.15, 0.2) is 6.61 Å². The summed E-state index contributed by atoms with van der Waals surface area (Å²) in [5, 5.41) is 12.1. The molecule has 0 spiro atoms. The third-order valence-corrected chi connectivity index (χ3v) is 6.60. The van der Waals surface area contributed by atoms with Gasteiger partial charge in [0.25, 0.3) is 11.6 Å². The summed E-state index contributed by atoms with van der Waals surface area (Å²) in [4.78, 5) is 31.3. The van der Waals surface area contributed by atoms with E-state index in [1.807, 2.05) is 31.2 Å². The number of aromatic nitrogens is 1. The summed E-state index contributed by atoms with van der Waals surface area (Å²) in [6.45, 7) is 3.69. The lowest BCUT2D eigenvalue weighted by Crippen LogP contribution is -2.50. The lowest BCUT2D eigenvalue weighted by atomic mass is 10.0. The fraction of sp³-hybridized carbons (Fsp3) is 0.259. The zero-order valence-electron chi connectivity index (χ0n) is 20.4. The lowest BCUT2D eigenvalue weighted by Gasteiger charge is -2.35. The summed E-state index contributed by atoms with van der Waals surface area (Å²) in [5.41, 5.74) is -0.320. The van der Waals surface area contributed by atoms with Crippen molar-refractivity contribution in [2.24, 2.45) is 0 Å². The molecule has 1 saturated heterocycles. The van der Waals surface area contributed by atoms with Crippen LogP contribution in [0.5, 0.6) is 5.75 Å². The van der Waals surface area contributed by atoms with Crippen LogP contribution in [0.15, 0.2) is 60.7 Å². The highest BCUT2D eigenvalue weighted by atomic mass is 19.4. The number of hydrogen-bond donors (Lipinski definition) is 0. The van der Waals surface area contributed by atoms with Gasteiger partial charge in [-0.15, -0.1) is 0 Å². The van der Waals surface area contributed by atoms with E-state index in [0.29, 0.717) is 26.2 Å². The number of hydrogen-bond acceptors (Lipinski definition) is 6. The molecule has 38 heavy (non-hydrogen) atoms. The Balaban J connectivity index is 1.24. The van der Waals surface area contributed by atoms with Crippen molar-refractivity contribution in [3.05, 3.63) is 81.9 Å². The smallest absolute Gasteiger partial charge is 0.423 e. The minimum atomic E-state index is -4.94. The first kappa shape index (κ1) is 25.2. The Labute approximate surface area is 215 Å². The Morgan fingerprint density at radius 3 is 2.42 bits per heavy atom. The third kappa shape index (κ3) is 5.04. The molecule has 1 aromatic heterocycles. The van der Waals surface area contributed by atoms with Gasteiger partial charge in [0.2, 0.25) is 0 Å². The molecule has 8 nitrogen and oxygen atoms in total. The number of halogens is 3. The predicted molar refractivity (Wildman–Crippen MR) is 136 cm³/mol. The van der Waals surface area contributed by atoms with Gasteiger partial charge in [0.1, 0.15) is 17.1 Å². The van der Waals surface area contributed by atoms with Gasteiger partial charge in [0.05, 0.1) is 10.4 Å². The normalized spacial score (nSPS) is 14.2. The first-order valence-electron chi connectivity index (χ1n) is 11.9. The van der Waals surface area contributed by atoms with Crippen LogP contribution >= 0.6 is 0 Å². The molecule has 0 saturated carbocycles. The van der Waals surface area contributed by atoms with E-state index in [-0.39, 0.29) is 29.0 Å². The highest BCUT2D eigenvalue weighted by Crippen LogP contribution is 2.42. The molecule has 0 atom stereocenters. The zero-order valence-corrected chi connectivity index (χ0v) is 20.4. The Hall–Kier alpha value is -4.41. The average Bonchev–Trinajstić information content (AvgIpc) is 2.90. The van der Waals surface area contributed by atoms with Crippen molar-refractivity contribution in [3.8, 4) is 5.75 Å². The van der Waals surface area contributed by atoms with Crippen LogP contribution in [0.1, 0.15) is 11.1 Å². The second-order valence-corrected chi connectivity index (χ2v) is 9.12. The van der Waals surface area contributed by atoms with Crippen molar-refractivity contribution in [1.82, 2.24) is 9.88 Å². The molecule has 1 amide bonds. The summed E-state index contributed by atoms with van der Waals surface area (Å²) in [5.74, 6) is 0.545. The largest absolute Gasteiger partial charge is 0.484 e. The highest BCUT2D eigenvalue weighted by molar-refractivity contribution is 5.90. The Morgan fingerprint density at radius 2 is 1.71 bits per heavy atom. The summed E-state index contributed by atoms with van der Waals surface area (Å²) in [6.07, 6.45) is -4.94. The van der Waals surface area contributed by atoms with Gasteiger partial charge < -0.3 is 14.5 Å². The van der Waals surface area contributed by atoms with Gasteiger partial charge in [0, 0.05) is 43.0 Å². The van der Waals surface area contributed by atoms with Crippen molar-refractivity contribution in [1.29, 1.82) is 0 Å². The Bertz CT molecular complexity index is 1550. The summed E-state index contributed by atoms with van der Waals surface area (Å²) < 4.78 is 46.5. The average molecular weight is 524 g/mol. The maximum atomic E-state index is 13.7. The number of rotatable bonds is 5. The number of nitro groups is 1. The van der Waals surface area contributed by atoms with Crippen molar-refractivity contribution in [3.63, 3.8) is 0 Å². The number of pyridine rings is 1. The molecule has 4 aromatic rings. The lowest BCUT2D eigenvalue weighted by molar-refractivity contribution is -0.387. The summed E-state index contributed by atoms with van der Waals surface area (Å²) in [7, 11) is 0. The molecule has 0 radical (unpaired) electrons. The van der Waals surface area contributed by atoms with E-state index in [4.69, 9.17) is 9.72 Å². The van der Waals surface area contributed by atoms with Crippen LogP contribution in [0.3, 0.4) is 0 Å². The van der Waals surface area contributed by atoms with Crippen molar-refractivity contribution >= 4 is 39.1 Å². The van der Waals surface area contributed by atoms with Crippen LogP contribution in [0.2, 0.25) is 0 Å². The van der Waals surface area contributed by atoms with E-state index < -0.39 is 22.4 Å². The maximum absolute atomic E-state index is 13.7. The van der Waals surface area contributed by atoms with Crippen molar-refractivity contribution < 1.29 is 27.6 Å². The van der Waals surface area contributed by atoms with Gasteiger partial charge >= 0.3 is 6.18 Å². The predicted octanol–water partition coefficient (Wildman–Crippen LogP) is 5.35. The number of alkyl halides is 3. The molecule has 3 aromatic carbocycles. The number of amides is 1. The van der Waals surface area contributed by atoms with E-state index in [9.17, 15) is 28.1 Å². The standard InChI is InChI=1S/C27H23F3N4O4/c1-17-2-7-22-19(14-17)5-9-24(31-22)32-10-12-33(13-11-32)25(35)16-38-20-6-3-18-4-8-23(34(36)37)26(21(18)15-20)27(28,29)30/h2-9,14-15H,10-13,16H2,1H3. The summed E-state index contributed by atoms with van der Waals surface area (Å²) in [6, 6.07) is 16.0. The number of ether oxygens (including phenoxy) is 1. The van der Waals surface area contributed by atoms with Gasteiger partial charge in [-0.1, -0.05) is 17.7 Å². The van der Waals surface area contributed by atoms with E-state index >= 15 is 0 Å². The topological polar surface area (TPSA) is 88.8 Å². The zero-order chi connectivity index (χ0) is 27.0. The quantitative estimate of drug-likeness (QED) is 0.258. The van der Waals surface area contributed by atoms with Crippen LogP contribution in [-0.4, -0.2) is 53.5 Å². The highest BCUT2D eigenvalue weighted by Gasteiger charge is 2.40. The molecule has 196 valence electrons. The molecular weight excluding hydrogens is 501 g/mol. The minimum Gasteiger partial charge on any atom is -0.484 e. The number of aryl methyl sites for hydroxylation is 1. The van der Waals surface area contributed by atoms with E-state index in [1.165, 1.54) is 18.2 Å². The molecule has 2 heterocycles. The van der Waals surface area contributed by atoms with Crippen LogP contribution < -0.4 is 9.64 Å². The molecule has 1 aliphatic heterocycles. The second kappa shape index (κ2) is 9.81. The Morgan fingerprint density at radius 1 is 1.00 bits per heavy atom. The van der Waals surface area contributed by atoms with Crippen LogP contribution in [0, 0.1) is 17.0 Å². The fourth-order valence-corrected chi connectivity index (χ4v) is 4.66. The first-order chi connectivity index (χ1) is 18.1. The number of nitrogens with zero attached hydrogens (tertiary/aromatic N) is 4. The molecular formula is C27H23F3N4O4. The molecule has 1 fully saturated rings. The molecule has 1 aliphatic rings. The van der Waals surface area contributed by atoms with Gasteiger partial charge in [-0.3, -0.25) is 14.9 Å². The number of fused-ring (bicyclic) bond motifs is 2. The molecule has 0 bridgehead atoms. The molecule has 0 N–H and O–H groups in total. The van der Waals surface area contributed by atoms with Crippen LogP contribution in [0.25, 0.3) is 21.7 Å². The number of benzene rings is 3. The van der Waals surface area contributed by atoms with Crippen molar-refractivity contribution in [2.45, 2.75) is 13.1 Å². The van der Waals surface area contributed by atoms with Gasteiger partial charge in [-0.2, -0.15) is 13.2 Å². The number of nitro benzene ring substituents is 1. The minimum absolute atomic E-state index is 0.0195. The van der Waals surface area contributed by atoms with E-state index in [1.54, 1.807) is 4.90 Å². The van der Waals surface area contributed by atoms with Gasteiger partial charge in [-0.25, -0.2) is 4.98 Å². The first-order valence-corrected chi connectivity index (χ1v) is 11.9. The van der Waals surface area contributed by atoms with E-state index in [2.05, 4.69) is 11.0 Å². The van der Waals surface area contributed by atoms with Gasteiger partial charge in [-0.05, 0) is 54.8 Å². The number of carbonyl (C=O) groups is 1. The fourth-order valence-electron chi connectivity index (χ4n) is 4.66. The van der Waals surface area contributed by atoms with Crippen LogP contribution in [-0.2, 0) is 11.0 Å². The van der Waals surface area contributed by atoms with Crippen molar-refractivity contribution in [2.75, 3.05) is 37.7 Å². The summed E-state index contributed by atoms with van der Waals surface area (Å²) >= 11 is 0. The monoisotopic (exact) mass is 524 g/mol. The number of piperazine rings is 1. The van der Waals surface area contributed by atoms with Crippen LogP contribution in [0.4, 0.5) is 24.7 Å². The SMILES string of the molecule is Cc1ccc2nc(N3CCN(C(=O)COc4ccc5ccc([N+](=O)[O-])c(C(F)(F)F)c5c4)CC3)ccc2c1. The number of carbonyl (C=O) groups excluding carboxylic acids is 1. The molecule has 11 heteroatoms. The Kier molecular flexibility index (Phi) is 6.52. The number of anilines is 1. The third-order valence-electron chi connectivity index (χ3n) is 6.60. The maximum Gasteiger partial charge on any atom is 0.423 e. The molecule has 0 unspecified atom stereocenters. The molecule has 5 rings (SSSR count). The van der Waals surface area contributed by atoms with E-state index in [0.717, 1.165) is 34.4 Å². The second-order valence-electron chi connectivity index (χ2n) is 9.12.